The molecule has 0 N–H and O–H groups in total. The van der Waals surface area contributed by atoms with Crippen LogP contribution in [0.2, 0.25) is 0 Å². The molecule has 0 aromatic heterocycles. The zero-order valence-corrected chi connectivity index (χ0v) is 8.15. The first-order chi connectivity index (χ1) is 6.29. The maximum absolute atomic E-state index is 12.5. The molecule has 0 aliphatic heterocycles. The second kappa shape index (κ2) is 4.48. The Bertz CT molecular complexity index is 223. The normalized spacial score (nSPS) is 15.8. The van der Waals surface area contributed by atoms with Crippen LogP contribution < -0.4 is 0 Å². The van der Waals surface area contributed by atoms with Crippen molar-refractivity contribution in [3.05, 3.63) is 12.7 Å². The van der Waals surface area contributed by atoms with Crippen LogP contribution in [0.15, 0.2) is 12.7 Å². The molecule has 1 atom stereocenters. The van der Waals surface area contributed by atoms with Crippen LogP contribution in [0.4, 0.5) is 13.2 Å². The van der Waals surface area contributed by atoms with E-state index in [-0.39, 0.29) is 13.0 Å². The number of ether oxygens (including phenoxy) is 1. The van der Waals surface area contributed by atoms with Gasteiger partial charge in [0, 0.05) is 0 Å². The molecule has 0 bridgehead atoms. The molecule has 82 valence electrons. The van der Waals surface area contributed by atoms with E-state index in [1.54, 1.807) is 0 Å². The summed E-state index contributed by atoms with van der Waals surface area (Å²) in [6, 6.07) is 0. The molecule has 2 nitrogen and oxygen atoms in total. The molecule has 14 heavy (non-hydrogen) atoms. The van der Waals surface area contributed by atoms with Crippen LogP contribution in [-0.4, -0.2) is 18.8 Å². The number of halogens is 3. The van der Waals surface area contributed by atoms with Gasteiger partial charge in [0.25, 0.3) is 0 Å². The molecule has 0 aliphatic rings. The quantitative estimate of drug-likeness (QED) is 0.526. The first-order valence-electron chi connectivity index (χ1n) is 4.14. The van der Waals surface area contributed by atoms with Gasteiger partial charge < -0.3 is 4.74 Å². The third-order valence-corrected chi connectivity index (χ3v) is 2.12. The number of alkyl halides is 3. The predicted octanol–water partition coefficient (Wildman–Crippen LogP) is 2.69. The minimum absolute atomic E-state index is 0.204. The molecule has 0 aromatic carbocycles. The Labute approximate surface area is 80.7 Å². The highest BCUT2D eigenvalue weighted by atomic mass is 19.4. The third kappa shape index (κ3) is 2.49. The van der Waals surface area contributed by atoms with Crippen LogP contribution >= 0.6 is 0 Å². The van der Waals surface area contributed by atoms with E-state index in [1.807, 2.05) is 0 Å². The monoisotopic (exact) mass is 210 g/mol. The van der Waals surface area contributed by atoms with Gasteiger partial charge in [0.2, 0.25) is 0 Å². The van der Waals surface area contributed by atoms with E-state index in [4.69, 9.17) is 0 Å². The van der Waals surface area contributed by atoms with Crippen LogP contribution in [0.5, 0.6) is 0 Å². The Morgan fingerprint density at radius 2 is 2.00 bits per heavy atom. The summed E-state index contributed by atoms with van der Waals surface area (Å²) in [7, 11) is 0. The topological polar surface area (TPSA) is 26.3 Å². The van der Waals surface area contributed by atoms with Gasteiger partial charge >= 0.3 is 12.1 Å². The van der Waals surface area contributed by atoms with Crippen LogP contribution in [0.1, 0.15) is 20.3 Å². The van der Waals surface area contributed by atoms with E-state index >= 15 is 0 Å². The van der Waals surface area contributed by atoms with Crippen molar-refractivity contribution in [2.24, 2.45) is 5.41 Å². The number of carbonyl (C=O) groups excluding carboxylic acids is 1. The molecule has 5 heteroatoms. The van der Waals surface area contributed by atoms with Crippen molar-refractivity contribution in [1.82, 2.24) is 0 Å². The number of hydrogen-bond donors (Lipinski definition) is 0. The van der Waals surface area contributed by atoms with Gasteiger partial charge in [-0.05, 0) is 13.3 Å². The van der Waals surface area contributed by atoms with Crippen LogP contribution in [-0.2, 0) is 9.53 Å². The first-order valence-corrected chi connectivity index (χ1v) is 4.14. The molecule has 0 fully saturated rings. The lowest BCUT2D eigenvalue weighted by Crippen LogP contribution is -2.43. The highest BCUT2D eigenvalue weighted by Gasteiger charge is 2.56. The lowest BCUT2D eigenvalue weighted by Gasteiger charge is -2.28. The van der Waals surface area contributed by atoms with E-state index in [0.29, 0.717) is 0 Å². The van der Waals surface area contributed by atoms with Gasteiger partial charge in [-0.3, -0.25) is 4.79 Å². The van der Waals surface area contributed by atoms with E-state index in [0.717, 1.165) is 6.92 Å². The summed E-state index contributed by atoms with van der Waals surface area (Å²) < 4.78 is 41.8. The highest BCUT2D eigenvalue weighted by molar-refractivity contribution is 5.77. The Kier molecular flexibility index (Phi) is 4.16. The lowest BCUT2D eigenvalue weighted by molar-refractivity contribution is -0.230. The maximum atomic E-state index is 12.5. The number of hydrogen-bond acceptors (Lipinski definition) is 2. The molecule has 1 unspecified atom stereocenters. The van der Waals surface area contributed by atoms with Crippen molar-refractivity contribution < 1.29 is 22.7 Å². The molecule has 0 radical (unpaired) electrons. The van der Waals surface area contributed by atoms with E-state index in [2.05, 4.69) is 11.3 Å². The molecular formula is C9H13F3O2. The second-order valence-corrected chi connectivity index (χ2v) is 3.07. The summed E-state index contributed by atoms with van der Waals surface area (Å²) in [6.07, 6.45) is -3.70. The number of rotatable bonds is 4. The molecule has 0 spiro atoms. The fraction of sp³-hybridized carbons (Fsp3) is 0.667. The molecule has 0 saturated heterocycles. The molecule has 0 aromatic rings. The fourth-order valence-corrected chi connectivity index (χ4v) is 0.754. The van der Waals surface area contributed by atoms with Gasteiger partial charge in [0.05, 0.1) is 0 Å². The molecule has 0 amide bonds. The molecule has 0 heterocycles. The minimum Gasteiger partial charge on any atom is -0.461 e. The summed E-state index contributed by atoms with van der Waals surface area (Å²) in [4.78, 5) is 11.1. The maximum Gasteiger partial charge on any atom is 0.404 e. The van der Waals surface area contributed by atoms with Crippen molar-refractivity contribution in [3.63, 3.8) is 0 Å². The van der Waals surface area contributed by atoms with Gasteiger partial charge in [-0.25, -0.2) is 0 Å². The Balaban J connectivity index is 4.69. The van der Waals surface area contributed by atoms with Crippen LogP contribution in [0.25, 0.3) is 0 Å². The number of esters is 1. The Morgan fingerprint density at radius 3 is 2.29 bits per heavy atom. The minimum atomic E-state index is -4.58. The van der Waals surface area contributed by atoms with Crippen molar-refractivity contribution in [2.45, 2.75) is 26.4 Å². The molecule has 0 aliphatic carbocycles. The average Bonchev–Trinajstić information content (AvgIpc) is 2.10. The standard InChI is InChI=1S/C9H13F3O2/c1-4-6-14-7(13)8(3,5-2)9(10,11)12/h4H,1,5-6H2,2-3H3. The van der Waals surface area contributed by atoms with Gasteiger partial charge in [0.15, 0.2) is 5.41 Å². The fourth-order valence-electron chi connectivity index (χ4n) is 0.754. The Morgan fingerprint density at radius 1 is 1.50 bits per heavy atom. The lowest BCUT2D eigenvalue weighted by atomic mass is 9.87. The van der Waals surface area contributed by atoms with Crippen molar-refractivity contribution in [3.8, 4) is 0 Å². The van der Waals surface area contributed by atoms with Crippen LogP contribution in [0.3, 0.4) is 0 Å². The number of carbonyl (C=O) groups is 1. The summed E-state index contributed by atoms with van der Waals surface area (Å²) in [5.41, 5.74) is -2.42. The molecule has 0 saturated carbocycles. The SMILES string of the molecule is C=CCOC(=O)C(C)(CC)C(F)(F)F. The van der Waals surface area contributed by atoms with Gasteiger partial charge in [-0.1, -0.05) is 19.6 Å². The summed E-state index contributed by atoms with van der Waals surface area (Å²) in [6.45, 7) is 5.17. The predicted molar refractivity (Wildman–Crippen MR) is 45.6 cm³/mol. The zero-order chi connectivity index (χ0) is 11.4. The average molecular weight is 210 g/mol. The van der Waals surface area contributed by atoms with Crippen molar-refractivity contribution in [2.75, 3.05) is 6.61 Å². The molecular weight excluding hydrogens is 197 g/mol. The highest BCUT2D eigenvalue weighted by Crippen LogP contribution is 2.41. The first kappa shape index (κ1) is 13.0. The van der Waals surface area contributed by atoms with E-state index < -0.39 is 17.6 Å². The third-order valence-electron chi connectivity index (χ3n) is 2.12. The van der Waals surface area contributed by atoms with Gasteiger partial charge in [-0.15, -0.1) is 0 Å². The van der Waals surface area contributed by atoms with Gasteiger partial charge in [-0.2, -0.15) is 13.2 Å². The molecule has 0 rings (SSSR count). The van der Waals surface area contributed by atoms with E-state index in [1.165, 1.54) is 13.0 Å². The largest absolute Gasteiger partial charge is 0.461 e. The second-order valence-electron chi connectivity index (χ2n) is 3.07. The summed E-state index contributed by atoms with van der Waals surface area (Å²) in [5.74, 6) is -1.26. The smallest absolute Gasteiger partial charge is 0.404 e. The van der Waals surface area contributed by atoms with Crippen LogP contribution in [0, 0.1) is 5.41 Å². The summed E-state index contributed by atoms with van der Waals surface area (Å²) in [5, 5.41) is 0. The summed E-state index contributed by atoms with van der Waals surface area (Å²) >= 11 is 0. The van der Waals surface area contributed by atoms with Crippen molar-refractivity contribution in [1.29, 1.82) is 0 Å². The van der Waals surface area contributed by atoms with Crippen molar-refractivity contribution >= 4 is 5.97 Å². The van der Waals surface area contributed by atoms with E-state index in [9.17, 15) is 18.0 Å². The Hall–Kier alpha value is -1.00. The zero-order valence-electron chi connectivity index (χ0n) is 8.15. The van der Waals surface area contributed by atoms with Gasteiger partial charge in [0.1, 0.15) is 6.61 Å².